The van der Waals surface area contributed by atoms with Gasteiger partial charge in [0, 0.05) is 4.88 Å². The average Bonchev–Trinajstić information content (AvgIpc) is 2.67. The number of thiophene rings is 1. The molecule has 1 rings (SSSR count). The summed E-state index contributed by atoms with van der Waals surface area (Å²) in [6, 6.07) is 1.88. The third-order valence-electron chi connectivity index (χ3n) is 2.77. The van der Waals surface area contributed by atoms with Crippen LogP contribution in [-0.2, 0) is 6.42 Å². The van der Waals surface area contributed by atoms with Crippen molar-refractivity contribution in [2.45, 2.75) is 53.4 Å². The summed E-state index contributed by atoms with van der Waals surface area (Å²) >= 11 is 1.33. The molecule has 1 aromatic rings. The maximum absolute atomic E-state index is 11.2. The van der Waals surface area contributed by atoms with Crippen LogP contribution in [0.1, 0.15) is 61.5 Å². The molecule has 0 aliphatic heterocycles. The zero-order chi connectivity index (χ0) is 14.5. The lowest BCUT2D eigenvalue weighted by atomic mass is 9.91. The van der Waals surface area contributed by atoms with Crippen LogP contribution in [0.2, 0.25) is 0 Å². The van der Waals surface area contributed by atoms with Gasteiger partial charge >= 0.3 is 5.97 Å². The molecule has 0 atom stereocenters. The maximum atomic E-state index is 11.2. The van der Waals surface area contributed by atoms with Gasteiger partial charge in [-0.1, -0.05) is 34.1 Å². The van der Waals surface area contributed by atoms with E-state index in [1.54, 1.807) is 0 Å². The summed E-state index contributed by atoms with van der Waals surface area (Å²) in [4.78, 5) is 12.6. The summed E-state index contributed by atoms with van der Waals surface area (Å²) < 4.78 is 5.65. The SMILES string of the molecule is CCCc1cc(OCCCC(C)(C)C)c(C(=O)O)s1. The Morgan fingerprint density at radius 3 is 2.63 bits per heavy atom. The third-order valence-corrected chi connectivity index (χ3v) is 3.93. The monoisotopic (exact) mass is 284 g/mol. The van der Waals surface area contributed by atoms with E-state index in [1.807, 2.05) is 6.07 Å². The second kappa shape index (κ2) is 6.94. The van der Waals surface area contributed by atoms with E-state index >= 15 is 0 Å². The van der Waals surface area contributed by atoms with E-state index in [4.69, 9.17) is 9.84 Å². The zero-order valence-corrected chi connectivity index (χ0v) is 13.1. The number of carbonyl (C=O) groups is 1. The second-order valence-corrected chi connectivity index (χ2v) is 7.11. The number of ether oxygens (including phenoxy) is 1. The third kappa shape index (κ3) is 5.64. The van der Waals surface area contributed by atoms with Crippen molar-refractivity contribution in [1.82, 2.24) is 0 Å². The first kappa shape index (κ1) is 16.0. The molecule has 0 saturated heterocycles. The molecule has 4 heteroatoms. The molecule has 0 unspecified atom stereocenters. The molecule has 0 fully saturated rings. The van der Waals surface area contributed by atoms with Crippen molar-refractivity contribution in [3.8, 4) is 5.75 Å². The predicted molar refractivity (Wildman–Crippen MR) is 79.5 cm³/mol. The lowest BCUT2D eigenvalue weighted by Gasteiger charge is -2.17. The Morgan fingerprint density at radius 1 is 1.42 bits per heavy atom. The predicted octanol–water partition coefficient (Wildman–Crippen LogP) is 4.60. The smallest absolute Gasteiger partial charge is 0.349 e. The first-order valence-electron chi connectivity index (χ1n) is 6.82. The van der Waals surface area contributed by atoms with Crippen molar-refractivity contribution in [2.24, 2.45) is 5.41 Å². The van der Waals surface area contributed by atoms with Gasteiger partial charge in [0.2, 0.25) is 0 Å². The molecule has 0 aliphatic carbocycles. The highest BCUT2D eigenvalue weighted by atomic mass is 32.1. The van der Waals surface area contributed by atoms with Crippen molar-refractivity contribution in [3.63, 3.8) is 0 Å². The van der Waals surface area contributed by atoms with Gasteiger partial charge in [-0.05, 0) is 30.7 Å². The summed E-state index contributed by atoms with van der Waals surface area (Å²) in [5.41, 5.74) is 0.293. The Balaban J connectivity index is 2.58. The van der Waals surface area contributed by atoms with Crippen molar-refractivity contribution in [2.75, 3.05) is 6.61 Å². The fourth-order valence-electron chi connectivity index (χ4n) is 1.83. The van der Waals surface area contributed by atoms with Gasteiger partial charge in [0.25, 0.3) is 0 Å². The van der Waals surface area contributed by atoms with E-state index in [0.717, 1.165) is 30.6 Å². The Labute approximate surface area is 119 Å². The molecule has 108 valence electrons. The minimum Gasteiger partial charge on any atom is -0.492 e. The minimum atomic E-state index is -0.891. The van der Waals surface area contributed by atoms with Gasteiger partial charge in [-0.3, -0.25) is 0 Å². The Morgan fingerprint density at radius 2 is 2.11 bits per heavy atom. The summed E-state index contributed by atoms with van der Waals surface area (Å²) in [5, 5.41) is 9.16. The van der Waals surface area contributed by atoms with Crippen LogP contribution in [-0.4, -0.2) is 17.7 Å². The fraction of sp³-hybridized carbons (Fsp3) is 0.667. The van der Waals surface area contributed by atoms with Crippen LogP contribution in [0.25, 0.3) is 0 Å². The van der Waals surface area contributed by atoms with E-state index < -0.39 is 5.97 Å². The molecule has 0 radical (unpaired) electrons. The van der Waals surface area contributed by atoms with Gasteiger partial charge in [-0.15, -0.1) is 11.3 Å². The number of carboxylic acid groups (broad SMARTS) is 1. The summed E-state index contributed by atoms with van der Waals surface area (Å²) in [5.74, 6) is -0.354. The van der Waals surface area contributed by atoms with Crippen LogP contribution in [0.4, 0.5) is 0 Å². The van der Waals surface area contributed by atoms with Gasteiger partial charge < -0.3 is 9.84 Å². The van der Waals surface area contributed by atoms with Crippen LogP contribution < -0.4 is 4.74 Å². The summed E-state index contributed by atoms with van der Waals surface area (Å²) in [6.07, 6.45) is 3.95. The normalized spacial score (nSPS) is 11.6. The lowest BCUT2D eigenvalue weighted by Crippen LogP contribution is -2.08. The van der Waals surface area contributed by atoms with Gasteiger partial charge in [0.15, 0.2) is 4.88 Å². The van der Waals surface area contributed by atoms with Gasteiger partial charge in [-0.25, -0.2) is 4.79 Å². The Kier molecular flexibility index (Phi) is 5.85. The van der Waals surface area contributed by atoms with E-state index in [1.165, 1.54) is 11.3 Å². The van der Waals surface area contributed by atoms with Crippen LogP contribution in [0.15, 0.2) is 6.07 Å². The standard InChI is InChI=1S/C15H24O3S/c1-5-7-11-10-12(13(19-11)14(16)17)18-9-6-8-15(2,3)4/h10H,5-9H2,1-4H3,(H,16,17). The van der Waals surface area contributed by atoms with Gasteiger partial charge in [-0.2, -0.15) is 0 Å². The molecule has 1 heterocycles. The van der Waals surface area contributed by atoms with Crippen molar-refractivity contribution in [1.29, 1.82) is 0 Å². The van der Waals surface area contributed by atoms with Crippen molar-refractivity contribution < 1.29 is 14.6 Å². The fourth-order valence-corrected chi connectivity index (χ4v) is 2.87. The summed E-state index contributed by atoms with van der Waals surface area (Å²) in [6.45, 7) is 9.25. The van der Waals surface area contributed by atoms with Crippen molar-refractivity contribution in [3.05, 3.63) is 15.8 Å². The number of aryl methyl sites for hydroxylation is 1. The molecule has 0 saturated carbocycles. The van der Waals surface area contributed by atoms with Crippen LogP contribution in [0.3, 0.4) is 0 Å². The van der Waals surface area contributed by atoms with Crippen LogP contribution >= 0.6 is 11.3 Å². The Bertz CT molecular complexity index is 416. The van der Waals surface area contributed by atoms with E-state index in [-0.39, 0.29) is 0 Å². The van der Waals surface area contributed by atoms with Gasteiger partial charge in [0.1, 0.15) is 5.75 Å². The largest absolute Gasteiger partial charge is 0.492 e. The van der Waals surface area contributed by atoms with E-state index in [0.29, 0.717) is 22.6 Å². The molecule has 0 aromatic carbocycles. The van der Waals surface area contributed by atoms with E-state index in [2.05, 4.69) is 27.7 Å². The molecule has 1 N–H and O–H groups in total. The number of carboxylic acids is 1. The molecule has 0 aliphatic rings. The molecule has 0 amide bonds. The van der Waals surface area contributed by atoms with Crippen LogP contribution in [0, 0.1) is 5.41 Å². The average molecular weight is 284 g/mol. The molecular weight excluding hydrogens is 260 g/mol. The molecule has 1 aromatic heterocycles. The topological polar surface area (TPSA) is 46.5 Å². The first-order valence-corrected chi connectivity index (χ1v) is 7.64. The maximum Gasteiger partial charge on any atom is 0.349 e. The Hall–Kier alpha value is -1.03. The highest BCUT2D eigenvalue weighted by Gasteiger charge is 2.17. The molecule has 3 nitrogen and oxygen atoms in total. The van der Waals surface area contributed by atoms with Crippen molar-refractivity contribution >= 4 is 17.3 Å². The van der Waals surface area contributed by atoms with E-state index in [9.17, 15) is 4.79 Å². The highest BCUT2D eigenvalue weighted by molar-refractivity contribution is 7.14. The molecule has 0 bridgehead atoms. The summed E-state index contributed by atoms with van der Waals surface area (Å²) in [7, 11) is 0. The second-order valence-electron chi connectivity index (χ2n) is 5.97. The molecule has 19 heavy (non-hydrogen) atoms. The number of rotatable bonds is 7. The highest BCUT2D eigenvalue weighted by Crippen LogP contribution is 2.31. The number of hydrogen-bond acceptors (Lipinski definition) is 3. The van der Waals surface area contributed by atoms with Crippen LogP contribution in [0.5, 0.6) is 5.75 Å². The number of aromatic carboxylic acids is 1. The van der Waals surface area contributed by atoms with Gasteiger partial charge in [0.05, 0.1) is 6.61 Å². The molecular formula is C15H24O3S. The number of hydrogen-bond donors (Lipinski definition) is 1. The molecule has 0 spiro atoms. The lowest BCUT2D eigenvalue weighted by molar-refractivity contribution is 0.0697. The first-order chi connectivity index (χ1) is 8.83. The zero-order valence-electron chi connectivity index (χ0n) is 12.3. The minimum absolute atomic E-state index is 0.293. The quantitative estimate of drug-likeness (QED) is 0.744.